The molecule has 0 atom stereocenters. The van der Waals surface area contributed by atoms with E-state index in [2.05, 4.69) is 9.97 Å². The number of rotatable bonds is 6. The summed E-state index contributed by atoms with van der Waals surface area (Å²) in [5, 5.41) is 7.32. The van der Waals surface area contributed by atoms with E-state index in [4.69, 9.17) is 9.88 Å². The fraction of sp³-hybridized carbons (Fsp3) is 0.294. The van der Waals surface area contributed by atoms with Crippen LogP contribution in [0, 0.1) is 0 Å². The maximum atomic E-state index is 11.2. The number of thiophene rings is 1. The van der Waals surface area contributed by atoms with Crippen LogP contribution in [0.2, 0.25) is 0 Å². The zero-order chi connectivity index (χ0) is 18.1. The van der Waals surface area contributed by atoms with Crippen LogP contribution in [0.4, 0.5) is 0 Å². The van der Waals surface area contributed by atoms with Gasteiger partial charge in [-0.3, -0.25) is 0 Å². The Bertz CT molecular complexity index is 1050. The van der Waals surface area contributed by atoms with Crippen molar-refractivity contribution in [1.82, 2.24) is 9.97 Å². The molecule has 1 aliphatic carbocycles. The molecule has 3 aromatic rings. The maximum Gasteiger partial charge on any atom is 0.238 e. The van der Waals surface area contributed by atoms with Crippen molar-refractivity contribution in [1.29, 1.82) is 0 Å². The first-order chi connectivity index (χ1) is 12.5. The molecule has 0 radical (unpaired) electrons. The molecule has 0 bridgehead atoms. The van der Waals surface area contributed by atoms with Crippen molar-refractivity contribution < 1.29 is 13.2 Å². The number of thioether (sulfide) groups is 1. The molecule has 4 rings (SSSR count). The van der Waals surface area contributed by atoms with Gasteiger partial charge in [0.25, 0.3) is 0 Å². The fourth-order valence-corrected chi connectivity index (χ4v) is 5.69. The van der Waals surface area contributed by atoms with E-state index in [0.29, 0.717) is 12.4 Å². The lowest BCUT2D eigenvalue weighted by atomic mass is 10.2. The van der Waals surface area contributed by atoms with Crippen LogP contribution in [0.1, 0.15) is 16.9 Å². The molecule has 0 fully saturated rings. The lowest BCUT2D eigenvalue weighted by Crippen LogP contribution is -2.11. The first-order valence-electron chi connectivity index (χ1n) is 8.16. The van der Waals surface area contributed by atoms with Gasteiger partial charge in [-0.2, -0.15) is 0 Å². The third kappa shape index (κ3) is 3.57. The van der Waals surface area contributed by atoms with Gasteiger partial charge in [-0.1, -0.05) is 0 Å². The highest BCUT2D eigenvalue weighted by atomic mass is 32.2. The summed E-state index contributed by atoms with van der Waals surface area (Å²) in [5.41, 5.74) is 1.42. The van der Waals surface area contributed by atoms with Crippen LogP contribution < -0.4 is 9.88 Å². The molecule has 0 amide bonds. The first kappa shape index (κ1) is 17.7. The smallest absolute Gasteiger partial charge is 0.238 e. The Labute approximate surface area is 159 Å². The van der Waals surface area contributed by atoms with Crippen molar-refractivity contribution in [3.8, 4) is 5.75 Å². The normalized spacial score (nSPS) is 13.9. The van der Waals surface area contributed by atoms with Crippen molar-refractivity contribution in [2.24, 2.45) is 5.14 Å². The van der Waals surface area contributed by atoms with E-state index >= 15 is 0 Å². The first-order valence-corrected chi connectivity index (χ1v) is 11.5. The second kappa shape index (κ2) is 7.15. The van der Waals surface area contributed by atoms with Gasteiger partial charge in [0.2, 0.25) is 10.0 Å². The van der Waals surface area contributed by atoms with Gasteiger partial charge in [0.1, 0.15) is 21.9 Å². The number of hydrogen-bond donors (Lipinski definition) is 1. The number of ether oxygens (including phenoxy) is 1. The predicted octanol–water partition coefficient (Wildman–Crippen LogP) is 3.00. The van der Waals surface area contributed by atoms with Crippen LogP contribution in [0.15, 0.2) is 40.5 Å². The van der Waals surface area contributed by atoms with Gasteiger partial charge in [-0.25, -0.2) is 23.5 Å². The number of nitrogens with zero attached hydrogens (tertiary/aromatic N) is 2. The van der Waals surface area contributed by atoms with Crippen molar-refractivity contribution in [3.05, 3.63) is 41.0 Å². The average Bonchev–Trinajstić information content (AvgIpc) is 3.19. The van der Waals surface area contributed by atoms with Crippen LogP contribution in [0.25, 0.3) is 10.2 Å². The molecular formula is C17H17N3O3S3. The average molecular weight is 408 g/mol. The van der Waals surface area contributed by atoms with Crippen LogP contribution in [0.5, 0.6) is 5.75 Å². The van der Waals surface area contributed by atoms with Gasteiger partial charge >= 0.3 is 0 Å². The van der Waals surface area contributed by atoms with Crippen molar-refractivity contribution in [3.63, 3.8) is 0 Å². The van der Waals surface area contributed by atoms with E-state index in [1.807, 2.05) is 0 Å². The molecule has 6 nitrogen and oxygen atoms in total. The fourth-order valence-electron chi connectivity index (χ4n) is 3.03. The Balaban J connectivity index is 1.39. The summed E-state index contributed by atoms with van der Waals surface area (Å²) in [6.45, 7) is 0.497. The topological polar surface area (TPSA) is 95.2 Å². The van der Waals surface area contributed by atoms with Gasteiger partial charge in [-0.05, 0) is 49.1 Å². The van der Waals surface area contributed by atoms with Crippen molar-refractivity contribution in [2.75, 3.05) is 12.4 Å². The third-order valence-corrected chi connectivity index (χ3v) is 7.29. The van der Waals surface area contributed by atoms with Crippen molar-refractivity contribution in [2.45, 2.75) is 29.2 Å². The molecule has 26 heavy (non-hydrogen) atoms. The number of aryl methyl sites for hydroxylation is 2. The summed E-state index contributed by atoms with van der Waals surface area (Å²) in [5.74, 6) is 1.36. The monoisotopic (exact) mass is 407 g/mol. The molecule has 1 aromatic carbocycles. The maximum absolute atomic E-state index is 11.2. The molecule has 0 saturated heterocycles. The minimum Gasteiger partial charge on any atom is -0.493 e. The number of primary sulfonamides is 1. The third-order valence-electron chi connectivity index (χ3n) is 4.21. The zero-order valence-corrected chi connectivity index (χ0v) is 16.3. The standard InChI is InChI=1S/C17H17N3O3S3/c18-26(21,22)12-6-4-11(5-7-12)23-8-9-24-16-15-13-2-1-3-14(13)25-17(15)20-10-19-16/h4-7,10H,1-3,8-9H2,(H2,18,21,22). The number of aromatic nitrogens is 2. The van der Waals surface area contributed by atoms with Gasteiger partial charge in [0.05, 0.1) is 11.5 Å². The molecule has 1 aliphatic rings. The summed E-state index contributed by atoms with van der Waals surface area (Å²) in [6.07, 6.45) is 5.11. The van der Waals surface area contributed by atoms with Crippen LogP contribution in [-0.4, -0.2) is 30.7 Å². The number of nitrogens with two attached hydrogens (primary N) is 1. The molecule has 2 heterocycles. The summed E-state index contributed by atoms with van der Waals surface area (Å²) >= 11 is 3.45. The minimum atomic E-state index is -3.67. The minimum absolute atomic E-state index is 0.0777. The summed E-state index contributed by atoms with van der Waals surface area (Å²) in [6, 6.07) is 6.11. The number of sulfonamides is 1. The largest absolute Gasteiger partial charge is 0.493 e. The molecule has 0 spiro atoms. The Kier molecular flexibility index (Phi) is 4.87. The lowest BCUT2D eigenvalue weighted by molar-refractivity contribution is 0.343. The molecule has 0 unspecified atom stereocenters. The molecule has 2 N–H and O–H groups in total. The van der Waals surface area contributed by atoms with Crippen LogP contribution in [-0.2, 0) is 22.9 Å². The molecule has 2 aromatic heterocycles. The number of fused-ring (bicyclic) bond motifs is 3. The van der Waals surface area contributed by atoms with E-state index in [9.17, 15) is 8.42 Å². The Morgan fingerprint density at radius 1 is 1.19 bits per heavy atom. The number of hydrogen-bond acceptors (Lipinski definition) is 7. The van der Waals surface area contributed by atoms with Gasteiger partial charge in [0.15, 0.2) is 0 Å². The van der Waals surface area contributed by atoms with Gasteiger partial charge in [-0.15, -0.1) is 23.1 Å². The Morgan fingerprint density at radius 3 is 2.77 bits per heavy atom. The number of benzene rings is 1. The Morgan fingerprint density at radius 2 is 2.00 bits per heavy atom. The van der Waals surface area contributed by atoms with Crippen LogP contribution >= 0.6 is 23.1 Å². The van der Waals surface area contributed by atoms with Crippen LogP contribution in [0.3, 0.4) is 0 Å². The molecule has 0 saturated carbocycles. The molecule has 0 aliphatic heterocycles. The quantitative estimate of drug-likeness (QED) is 0.383. The molecular weight excluding hydrogens is 390 g/mol. The van der Waals surface area contributed by atoms with E-state index < -0.39 is 10.0 Å². The molecule has 9 heteroatoms. The highest BCUT2D eigenvalue weighted by molar-refractivity contribution is 7.99. The highest BCUT2D eigenvalue weighted by Gasteiger charge is 2.21. The highest BCUT2D eigenvalue weighted by Crippen LogP contribution is 2.39. The predicted molar refractivity (Wildman–Crippen MR) is 103 cm³/mol. The summed E-state index contributed by atoms with van der Waals surface area (Å²) < 4.78 is 28.2. The summed E-state index contributed by atoms with van der Waals surface area (Å²) in [7, 11) is -3.67. The van der Waals surface area contributed by atoms with E-state index in [1.54, 1.807) is 41.6 Å². The van der Waals surface area contributed by atoms with E-state index in [1.165, 1.54) is 34.4 Å². The SMILES string of the molecule is NS(=O)(=O)c1ccc(OCCSc2ncnc3sc4c(c23)CCC4)cc1. The lowest BCUT2D eigenvalue weighted by Gasteiger charge is -2.07. The van der Waals surface area contributed by atoms with E-state index in [-0.39, 0.29) is 4.90 Å². The summed E-state index contributed by atoms with van der Waals surface area (Å²) in [4.78, 5) is 11.5. The van der Waals surface area contributed by atoms with Gasteiger partial charge in [0, 0.05) is 16.0 Å². The molecule has 136 valence electrons. The van der Waals surface area contributed by atoms with E-state index in [0.717, 1.165) is 28.5 Å². The Hall–Kier alpha value is -1.68. The van der Waals surface area contributed by atoms with Crippen molar-refractivity contribution >= 4 is 43.3 Å². The zero-order valence-electron chi connectivity index (χ0n) is 13.8. The second-order valence-electron chi connectivity index (χ2n) is 5.93. The second-order valence-corrected chi connectivity index (χ2v) is 9.66. The van der Waals surface area contributed by atoms with Gasteiger partial charge < -0.3 is 4.74 Å².